The zero-order valence-electron chi connectivity index (χ0n) is 5.90. The van der Waals surface area contributed by atoms with Crippen LogP contribution in [0.15, 0.2) is 15.7 Å². The minimum absolute atomic E-state index is 0.911. The summed E-state index contributed by atoms with van der Waals surface area (Å²) in [6.07, 6.45) is 1.85. The Morgan fingerprint density at radius 3 is 2.44 bits per heavy atom. The SMILES string of the molecule is CN=C(C)N/C=C(\C)Br. The molecule has 0 spiro atoms. The summed E-state index contributed by atoms with van der Waals surface area (Å²) in [6.45, 7) is 3.86. The first kappa shape index (κ1) is 8.69. The lowest BCUT2D eigenvalue weighted by Gasteiger charge is -1.95. The molecule has 0 radical (unpaired) electrons. The standard InChI is InChI=1S/C6H11BrN2/c1-5(7)4-9-6(2)8-3/h4H,1-3H3,(H,8,9)/b5-4+. The van der Waals surface area contributed by atoms with Crippen LogP contribution in [-0.2, 0) is 0 Å². The number of halogens is 1. The number of nitrogens with zero attached hydrogens (tertiary/aromatic N) is 1. The minimum atomic E-state index is 0.911. The molecule has 0 aromatic heterocycles. The molecule has 0 aromatic rings. The molecule has 0 saturated carbocycles. The highest BCUT2D eigenvalue weighted by Gasteiger charge is 1.80. The van der Waals surface area contributed by atoms with Gasteiger partial charge in [0.05, 0.1) is 5.84 Å². The van der Waals surface area contributed by atoms with E-state index < -0.39 is 0 Å². The van der Waals surface area contributed by atoms with Crippen molar-refractivity contribution >= 4 is 21.8 Å². The van der Waals surface area contributed by atoms with Gasteiger partial charge in [-0.3, -0.25) is 4.99 Å². The van der Waals surface area contributed by atoms with Crippen molar-refractivity contribution in [2.75, 3.05) is 7.05 Å². The third-order valence-electron chi connectivity index (χ3n) is 0.815. The van der Waals surface area contributed by atoms with E-state index in [4.69, 9.17) is 0 Å². The van der Waals surface area contributed by atoms with Crippen LogP contribution in [0, 0.1) is 0 Å². The molecule has 0 unspecified atom stereocenters. The molecule has 52 valence electrons. The second-order valence-electron chi connectivity index (χ2n) is 1.68. The largest absolute Gasteiger partial charge is 0.350 e. The number of hydrogen-bond acceptors (Lipinski definition) is 1. The molecule has 0 saturated heterocycles. The van der Waals surface area contributed by atoms with Crippen molar-refractivity contribution in [1.29, 1.82) is 0 Å². The zero-order chi connectivity index (χ0) is 7.28. The van der Waals surface area contributed by atoms with Crippen LogP contribution in [0.2, 0.25) is 0 Å². The highest BCUT2D eigenvalue weighted by Crippen LogP contribution is 1.98. The molecule has 0 amide bonds. The van der Waals surface area contributed by atoms with Crippen LogP contribution in [0.3, 0.4) is 0 Å². The fourth-order valence-electron chi connectivity index (χ4n) is 0.268. The van der Waals surface area contributed by atoms with Gasteiger partial charge in [-0.05, 0) is 13.8 Å². The van der Waals surface area contributed by atoms with Crippen LogP contribution in [0.5, 0.6) is 0 Å². The molecule has 1 N–H and O–H groups in total. The van der Waals surface area contributed by atoms with Gasteiger partial charge in [-0.15, -0.1) is 0 Å². The van der Waals surface area contributed by atoms with Crippen molar-refractivity contribution in [3.63, 3.8) is 0 Å². The predicted molar refractivity (Wildman–Crippen MR) is 44.9 cm³/mol. The molecule has 3 heteroatoms. The first-order valence-corrected chi connectivity index (χ1v) is 3.48. The lowest BCUT2D eigenvalue weighted by molar-refractivity contribution is 1.20. The Labute approximate surface area is 64.2 Å². The number of aliphatic imine (C=N–C) groups is 1. The summed E-state index contributed by atoms with van der Waals surface area (Å²) >= 11 is 3.28. The number of nitrogens with one attached hydrogen (secondary N) is 1. The van der Waals surface area contributed by atoms with E-state index in [1.807, 2.05) is 20.0 Å². The Bertz CT molecular complexity index is 134. The van der Waals surface area contributed by atoms with Gasteiger partial charge in [-0.25, -0.2) is 0 Å². The van der Waals surface area contributed by atoms with E-state index in [-0.39, 0.29) is 0 Å². The Morgan fingerprint density at radius 1 is 1.56 bits per heavy atom. The van der Waals surface area contributed by atoms with Gasteiger partial charge in [0.1, 0.15) is 0 Å². The molecule has 2 nitrogen and oxygen atoms in total. The maximum absolute atomic E-state index is 3.90. The molecule has 0 aliphatic carbocycles. The lowest BCUT2D eigenvalue weighted by Crippen LogP contribution is -2.12. The quantitative estimate of drug-likeness (QED) is 0.496. The third-order valence-corrected chi connectivity index (χ3v) is 1.04. The Morgan fingerprint density at radius 2 is 2.11 bits per heavy atom. The van der Waals surface area contributed by atoms with Gasteiger partial charge in [-0.1, -0.05) is 15.9 Å². The van der Waals surface area contributed by atoms with E-state index >= 15 is 0 Å². The van der Waals surface area contributed by atoms with Gasteiger partial charge in [0.25, 0.3) is 0 Å². The molecule has 0 fully saturated rings. The molecule has 0 rings (SSSR count). The van der Waals surface area contributed by atoms with Crippen LogP contribution in [0.4, 0.5) is 0 Å². The summed E-state index contributed by atoms with van der Waals surface area (Å²) in [5.41, 5.74) is 0. The van der Waals surface area contributed by atoms with Gasteiger partial charge in [-0.2, -0.15) is 0 Å². The van der Waals surface area contributed by atoms with Crippen LogP contribution >= 0.6 is 15.9 Å². The summed E-state index contributed by atoms with van der Waals surface area (Å²) in [4.78, 5) is 3.90. The summed E-state index contributed by atoms with van der Waals surface area (Å²) in [5.74, 6) is 0.911. The first-order valence-electron chi connectivity index (χ1n) is 2.69. The monoisotopic (exact) mass is 190 g/mol. The molecule has 0 bridgehead atoms. The van der Waals surface area contributed by atoms with Gasteiger partial charge in [0.15, 0.2) is 0 Å². The third kappa shape index (κ3) is 5.56. The van der Waals surface area contributed by atoms with Gasteiger partial charge in [0, 0.05) is 17.7 Å². The van der Waals surface area contributed by atoms with E-state index in [9.17, 15) is 0 Å². The van der Waals surface area contributed by atoms with Crippen LogP contribution < -0.4 is 5.32 Å². The number of allylic oxidation sites excluding steroid dienone is 1. The summed E-state index contributed by atoms with van der Waals surface area (Å²) in [6, 6.07) is 0. The van der Waals surface area contributed by atoms with Crippen LogP contribution in [-0.4, -0.2) is 12.9 Å². The Kier molecular flexibility index (Phi) is 4.40. The highest BCUT2D eigenvalue weighted by molar-refractivity contribution is 9.11. The molecule has 0 atom stereocenters. The lowest BCUT2D eigenvalue weighted by atomic mass is 10.6. The average Bonchev–Trinajstić information content (AvgIpc) is 1.83. The highest BCUT2D eigenvalue weighted by atomic mass is 79.9. The van der Waals surface area contributed by atoms with Gasteiger partial charge in [0.2, 0.25) is 0 Å². The van der Waals surface area contributed by atoms with E-state index in [2.05, 4.69) is 26.2 Å². The molecule has 0 aliphatic rings. The Hall–Kier alpha value is -0.310. The number of hydrogen-bond donors (Lipinski definition) is 1. The molecule has 0 aliphatic heterocycles. The van der Waals surface area contributed by atoms with Crippen molar-refractivity contribution in [1.82, 2.24) is 5.32 Å². The fourth-order valence-corrected chi connectivity index (χ4v) is 0.383. The maximum Gasteiger partial charge on any atom is 0.0967 e. The van der Waals surface area contributed by atoms with Crippen molar-refractivity contribution in [2.45, 2.75) is 13.8 Å². The number of amidine groups is 1. The molecular formula is C6H11BrN2. The van der Waals surface area contributed by atoms with Crippen molar-refractivity contribution in [3.05, 3.63) is 10.7 Å². The van der Waals surface area contributed by atoms with E-state index in [0.29, 0.717) is 0 Å². The maximum atomic E-state index is 3.90. The summed E-state index contributed by atoms with van der Waals surface area (Å²) in [7, 11) is 1.75. The van der Waals surface area contributed by atoms with Gasteiger partial charge >= 0.3 is 0 Å². The first-order chi connectivity index (χ1) is 4.16. The van der Waals surface area contributed by atoms with E-state index in [1.165, 1.54) is 0 Å². The molecule has 0 heterocycles. The Balaban J connectivity index is 3.64. The predicted octanol–water partition coefficient (Wildman–Crippen LogP) is 1.88. The molecule has 0 aromatic carbocycles. The second kappa shape index (κ2) is 4.56. The summed E-state index contributed by atoms with van der Waals surface area (Å²) in [5, 5.41) is 2.97. The average molecular weight is 191 g/mol. The minimum Gasteiger partial charge on any atom is -0.350 e. The second-order valence-corrected chi connectivity index (χ2v) is 2.94. The van der Waals surface area contributed by atoms with Gasteiger partial charge < -0.3 is 5.32 Å². The number of rotatable bonds is 1. The summed E-state index contributed by atoms with van der Waals surface area (Å²) < 4.78 is 1.06. The van der Waals surface area contributed by atoms with Crippen LogP contribution in [0.25, 0.3) is 0 Å². The fraction of sp³-hybridized carbons (Fsp3) is 0.500. The van der Waals surface area contributed by atoms with E-state index in [0.717, 1.165) is 10.3 Å². The normalized spacial score (nSPS) is 13.8. The van der Waals surface area contributed by atoms with Crippen molar-refractivity contribution in [2.24, 2.45) is 4.99 Å². The topological polar surface area (TPSA) is 24.4 Å². The molecule has 9 heavy (non-hydrogen) atoms. The van der Waals surface area contributed by atoms with Crippen molar-refractivity contribution < 1.29 is 0 Å². The molecular weight excluding hydrogens is 180 g/mol. The van der Waals surface area contributed by atoms with Crippen molar-refractivity contribution in [3.8, 4) is 0 Å². The van der Waals surface area contributed by atoms with Crippen LogP contribution in [0.1, 0.15) is 13.8 Å². The smallest absolute Gasteiger partial charge is 0.0967 e. The van der Waals surface area contributed by atoms with E-state index in [1.54, 1.807) is 7.05 Å². The zero-order valence-corrected chi connectivity index (χ0v) is 7.49.